The largest absolute Gasteiger partial charge is 0.393 e. The number of rotatable bonds is 5. The van der Waals surface area contributed by atoms with E-state index in [9.17, 15) is 5.11 Å². The van der Waals surface area contributed by atoms with E-state index in [0.29, 0.717) is 5.92 Å². The first-order chi connectivity index (χ1) is 7.78. The topological polar surface area (TPSA) is 50.1 Å². The van der Waals surface area contributed by atoms with E-state index in [1.54, 1.807) is 0 Å². The number of hydrogen-bond acceptors (Lipinski definition) is 3. The Morgan fingerprint density at radius 1 is 1.56 bits per heavy atom. The standard InChI is InChI=1S/C12H21N3O/c1-2-15-9-11(8-14-15)7-13-6-10-3-4-12(16)5-10/h8-10,12-13,16H,2-7H2,1H3. The van der Waals surface area contributed by atoms with Gasteiger partial charge in [-0.3, -0.25) is 4.68 Å². The van der Waals surface area contributed by atoms with Crippen molar-refractivity contribution in [2.75, 3.05) is 6.54 Å². The molecule has 1 aromatic rings. The van der Waals surface area contributed by atoms with Crippen molar-refractivity contribution < 1.29 is 5.11 Å². The van der Waals surface area contributed by atoms with Crippen LogP contribution in [0.1, 0.15) is 31.7 Å². The fourth-order valence-corrected chi connectivity index (χ4v) is 2.33. The molecule has 4 heteroatoms. The molecule has 2 atom stereocenters. The van der Waals surface area contributed by atoms with Crippen molar-refractivity contribution in [3.8, 4) is 0 Å². The molecule has 1 fully saturated rings. The second kappa shape index (κ2) is 5.46. The predicted octanol–water partition coefficient (Wildman–Crippen LogP) is 1.15. The lowest BCUT2D eigenvalue weighted by Crippen LogP contribution is -2.21. The molecule has 0 aliphatic heterocycles. The van der Waals surface area contributed by atoms with Crippen LogP contribution in [0.3, 0.4) is 0 Å². The number of nitrogens with one attached hydrogen (secondary N) is 1. The summed E-state index contributed by atoms with van der Waals surface area (Å²) in [6, 6.07) is 0. The minimum atomic E-state index is -0.0605. The Hall–Kier alpha value is -0.870. The van der Waals surface area contributed by atoms with Gasteiger partial charge in [-0.2, -0.15) is 5.10 Å². The van der Waals surface area contributed by atoms with Crippen molar-refractivity contribution >= 4 is 0 Å². The van der Waals surface area contributed by atoms with E-state index in [-0.39, 0.29) is 6.10 Å². The molecule has 16 heavy (non-hydrogen) atoms. The molecule has 2 N–H and O–H groups in total. The molecule has 0 spiro atoms. The van der Waals surface area contributed by atoms with Crippen molar-refractivity contribution in [1.29, 1.82) is 0 Å². The Morgan fingerprint density at radius 3 is 3.06 bits per heavy atom. The van der Waals surface area contributed by atoms with E-state index < -0.39 is 0 Å². The van der Waals surface area contributed by atoms with Crippen LogP contribution in [0.2, 0.25) is 0 Å². The molecule has 1 aliphatic carbocycles. The smallest absolute Gasteiger partial charge is 0.0543 e. The van der Waals surface area contributed by atoms with Crippen molar-refractivity contribution in [2.24, 2.45) is 5.92 Å². The van der Waals surface area contributed by atoms with Crippen LogP contribution in [0.5, 0.6) is 0 Å². The van der Waals surface area contributed by atoms with E-state index in [2.05, 4.69) is 23.5 Å². The maximum Gasteiger partial charge on any atom is 0.0543 e. The molecule has 0 radical (unpaired) electrons. The van der Waals surface area contributed by atoms with Gasteiger partial charge in [0.25, 0.3) is 0 Å². The molecular formula is C12H21N3O. The molecule has 4 nitrogen and oxygen atoms in total. The van der Waals surface area contributed by atoms with Gasteiger partial charge in [-0.1, -0.05) is 0 Å². The first-order valence-corrected chi connectivity index (χ1v) is 6.18. The molecule has 1 saturated carbocycles. The zero-order valence-electron chi connectivity index (χ0n) is 9.89. The summed E-state index contributed by atoms with van der Waals surface area (Å²) in [5.41, 5.74) is 1.24. The summed E-state index contributed by atoms with van der Waals surface area (Å²) in [6.45, 7) is 4.90. The minimum absolute atomic E-state index is 0.0605. The molecular weight excluding hydrogens is 202 g/mol. The first-order valence-electron chi connectivity index (χ1n) is 6.18. The van der Waals surface area contributed by atoms with Crippen LogP contribution in [0.25, 0.3) is 0 Å². The zero-order valence-corrected chi connectivity index (χ0v) is 9.89. The van der Waals surface area contributed by atoms with Crippen LogP contribution in [-0.4, -0.2) is 27.5 Å². The van der Waals surface area contributed by atoms with Crippen molar-refractivity contribution in [3.05, 3.63) is 18.0 Å². The normalized spacial score (nSPS) is 25.1. The van der Waals surface area contributed by atoms with Gasteiger partial charge in [0.15, 0.2) is 0 Å². The number of aryl methyl sites for hydroxylation is 1. The molecule has 1 aliphatic rings. The van der Waals surface area contributed by atoms with Gasteiger partial charge in [0.05, 0.1) is 12.3 Å². The lowest BCUT2D eigenvalue weighted by atomic mass is 10.1. The third-order valence-corrected chi connectivity index (χ3v) is 3.29. The number of aliphatic hydroxyl groups is 1. The third-order valence-electron chi connectivity index (χ3n) is 3.29. The highest BCUT2D eigenvalue weighted by atomic mass is 16.3. The quantitative estimate of drug-likeness (QED) is 0.787. The van der Waals surface area contributed by atoms with Gasteiger partial charge in [0.1, 0.15) is 0 Å². The van der Waals surface area contributed by atoms with Crippen LogP contribution in [0.4, 0.5) is 0 Å². The number of aromatic nitrogens is 2. The summed E-state index contributed by atoms with van der Waals surface area (Å²) in [7, 11) is 0. The van der Waals surface area contributed by atoms with Crippen LogP contribution in [-0.2, 0) is 13.1 Å². The highest BCUT2D eigenvalue weighted by molar-refractivity contribution is 5.03. The molecule has 0 amide bonds. The number of nitrogens with zero attached hydrogens (tertiary/aromatic N) is 2. The number of aliphatic hydroxyl groups excluding tert-OH is 1. The van der Waals surface area contributed by atoms with Crippen molar-refractivity contribution in [3.63, 3.8) is 0 Å². The lowest BCUT2D eigenvalue weighted by molar-refractivity contribution is 0.177. The average Bonchev–Trinajstić information content (AvgIpc) is 2.88. The molecule has 1 heterocycles. The van der Waals surface area contributed by atoms with Gasteiger partial charge in [-0.15, -0.1) is 0 Å². The van der Waals surface area contributed by atoms with E-state index in [1.165, 1.54) is 5.56 Å². The summed E-state index contributed by atoms with van der Waals surface area (Å²) in [5, 5.41) is 17.1. The molecule has 0 saturated heterocycles. The van der Waals surface area contributed by atoms with Gasteiger partial charge in [-0.25, -0.2) is 0 Å². The Bertz CT molecular complexity index is 324. The molecule has 0 bridgehead atoms. The lowest BCUT2D eigenvalue weighted by Gasteiger charge is -2.09. The van der Waals surface area contributed by atoms with Gasteiger partial charge in [0, 0.05) is 24.8 Å². The highest BCUT2D eigenvalue weighted by Gasteiger charge is 2.21. The summed E-state index contributed by atoms with van der Waals surface area (Å²) < 4.78 is 1.94. The van der Waals surface area contributed by atoms with E-state index in [0.717, 1.165) is 38.9 Å². The minimum Gasteiger partial charge on any atom is -0.393 e. The van der Waals surface area contributed by atoms with E-state index in [4.69, 9.17) is 0 Å². The van der Waals surface area contributed by atoms with E-state index >= 15 is 0 Å². The van der Waals surface area contributed by atoms with Gasteiger partial charge >= 0.3 is 0 Å². The first kappa shape index (κ1) is 11.6. The maximum atomic E-state index is 9.41. The summed E-state index contributed by atoms with van der Waals surface area (Å²) >= 11 is 0. The second-order valence-electron chi connectivity index (χ2n) is 4.67. The zero-order chi connectivity index (χ0) is 11.4. The Kier molecular flexibility index (Phi) is 3.96. The van der Waals surface area contributed by atoms with Gasteiger partial charge < -0.3 is 10.4 Å². The highest BCUT2D eigenvalue weighted by Crippen LogP contribution is 2.24. The fraction of sp³-hybridized carbons (Fsp3) is 0.750. The van der Waals surface area contributed by atoms with Crippen LogP contribution >= 0.6 is 0 Å². The van der Waals surface area contributed by atoms with Crippen molar-refractivity contribution in [2.45, 2.75) is 45.4 Å². The summed E-state index contributed by atoms with van der Waals surface area (Å²) in [5.74, 6) is 0.649. The summed E-state index contributed by atoms with van der Waals surface area (Å²) in [6.07, 6.45) is 7.02. The molecule has 1 aromatic heterocycles. The second-order valence-corrected chi connectivity index (χ2v) is 4.67. The summed E-state index contributed by atoms with van der Waals surface area (Å²) in [4.78, 5) is 0. The fourth-order valence-electron chi connectivity index (χ4n) is 2.33. The molecule has 2 rings (SSSR count). The Balaban J connectivity index is 1.67. The predicted molar refractivity (Wildman–Crippen MR) is 63.0 cm³/mol. The SMILES string of the molecule is CCn1cc(CNCC2CCC(O)C2)cn1. The van der Waals surface area contributed by atoms with Crippen LogP contribution in [0.15, 0.2) is 12.4 Å². The molecule has 2 unspecified atom stereocenters. The molecule has 90 valence electrons. The molecule has 0 aromatic carbocycles. The monoisotopic (exact) mass is 223 g/mol. The Morgan fingerprint density at radius 2 is 2.44 bits per heavy atom. The van der Waals surface area contributed by atoms with Crippen LogP contribution in [0, 0.1) is 5.92 Å². The third kappa shape index (κ3) is 3.06. The Labute approximate surface area is 96.7 Å². The number of hydrogen-bond donors (Lipinski definition) is 2. The van der Waals surface area contributed by atoms with Crippen molar-refractivity contribution in [1.82, 2.24) is 15.1 Å². The van der Waals surface area contributed by atoms with Gasteiger partial charge in [-0.05, 0) is 38.6 Å². The maximum absolute atomic E-state index is 9.41. The van der Waals surface area contributed by atoms with Crippen LogP contribution < -0.4 is 5.32 Å². The average molecular weight is 223 g/mol. The van der Waals surface area contributed by atoms with Gasteiger partial charge in [0.2, 0.25) is 0 Å². The van der Waals surface area contributed by atoms with E-state index in [1.807, 2.05) is 10.9 Å².